The van der Waals surface area contributed by atoms with Gasteiger partial charge in [0.2, 0.25) is 0 Å². The molecule has 0 atom stereocenters. The van der Waals surface area contributed by atoms with E-state index in [1.807, 2.05) is 297 Å². The Balaban J connectivity index is 0.707. The normalized spacial score (nSPS) is 16.4. The Morgan fingerprint density at radius 2 is 0.613 bits per heavy atom. The third kappa shape index (κ3) is 20.0. The zero-order valence-corrected chi connectivity index (χ0v) is 81.0. The topological polar surface area (TPSA) is 155 Å². The molecule has 14 nitrogen and oxygen atoms in total. The van der Waals surface area contributed by atoms with E-state index in [9.17, 15) is 0 Å². The summed E-state index contributed by atoms with van der Waals surface area (Å²) in [5.74, 6) is 7.31. The molecule has 0 fully saturated rings. The van der Waals surface area contributed by atoms with Crippen molar-refractivity contribution in [2.24, 2.45) is 30.0 Å². The number of carbonyl (C=O) groups excluding carboxylic acids is 2. The lowest BCUT2D eigenvalue weighted by atomic mass is 10.1. The van der Waals surface area contributed by atoms with Gasteiger partial charge in [0.15, 0.2) is 23.3 Å². The molecule has 2 aromatic heterocycles. The first-order chi connectivity index (χ1) is 58.6. The third-order valence-electron chi connectivity index (χ3n) is 19.8. The van der Waals surface area contributed by atoms with Gasteiger partial charge >= 0.3 is 20.8 Å². The van der Waals surface area contributed by atoms with Crippen molar-refractivity contribution in [1.82, 2.24) is 8.47 Å². The second-order valence-electron chi connectivity index (χ2n) is 28.1. The van der Waals surface area contributed by atoms with Crippen LogP contribution in [-0.2, 0) is 8.85 Å². The molecule has 6 aromatic carbocycles. The summed E-state index contributed by atoms with van der Waals surface area (Å²) >= 11 is 31.3. The van der Waals surface area contributed by atoms with E-state index in [0.717, 1.165) is 69.6 Å². The Labute approximate surface area is 766 Å². The summed E-state index contributed by atoms with van der Waals surface area (Å²) in [5.41, 5.74) is 3.67. The van der Waals surface area contributed by atoms with Gasteiger partial charge in [0.05, 0.1) is 64.1 Å². The smallest absolute Gasteiger partial charge is 0.493 e. The largest absolute Gasteiger partial charge is 0.742 e. The molecule has 16 rings (SSSR count). The number of unbranched alkanes of at least 4 members (excludes halogenated alkanes) is 10. The Morgan fingerprint density at radius 1 is 0.328 bits per heavy atom. The summed E-state index contributed by atoms with van der Waals surface area (Å²) in [6, 6.07) is 45.6. The number of nitrogens with zero attached hydrogens (tertiary/aromatic N) is 8. The molecule has 0 N–H and O–H groups in total. The molecule has 0 unspecified atom stereocenters. The van der Waals surface area contributed by atoms with E-state index < -0.39 is 20.8 Å². The summed E-state index contributed by atoms with van der Waals surface area (Å²) in [7, 11) is -5.50. The van der Waals surface area contributed by atoms with E-state index in [1.54, 1.807) is 44.9 Å². The Kier molecular flexibility index (Phi) is 31.5. The Hall–Kier alpha value is -4.52. The molecule has 0 spiro atoms. The standard InChI is InChI=1S/C88H90N8O6S16Si/c1-7-11-29-49-107-81-82(108-50-30-12-8-2)116-87(115-81)85-111-77(103-5)79(113-85)105-53-33-27-47-99-65-45-25-23-43-63(65)75(97)101-119(102-76(98)64-44-24-26-46-66(64)100-48-28-34-54-106-80-78(104-6)112-86(114-80)88-117-83(109-51-31-13-9-3)84(118-88)110-52-32-14-10-4)95-71-59-39-19-20-40-60(59)73(95)93-69-57-37-17-18-38-58(57)70(90-69)94-74-62-42-22-21-41-61(62)72(96(74)119)92-68-56-36-16-15-35-55(56)67(89-68)91-71/h15-26,35-46H,7-14,27-34,47-54H2,1-6H3. The maximum Gasteiger partial charge on any atom is 0.742 e. The fourth-order valence-electron chi connectivity index (χ4n) is 13.9. The number of amidine groups is 4. The predicted octanol–water partition coefficient (Wildman–Crippen LogP) is 28.0. The lowest BCUT2D eigenvalue weighted by Crippen LogP contribution is -2.65. The van der Waals surface area contributed by atoms with Crippen molar-refractivity contribution < 1.29 is 27.9 Å². The summed E-state index contributed by atoms with van der Waals surface area (Å²) in [5, 5.41) is 2.46. The first kappa shape index (κ1) is 87.9. The number of carbonyl (C=O) groups is 2. The quantitative estimate of drug-likeness (QED) is 0.0264. The molecule has 0 saturated heterocycles. The average Bonchev–Trinajstić information content (AvgIpc) is 1.52. The van der Waals surface area contributed by atoms with Gasteiger partial charge in [-0.2, -0.15) is 0 Å². The fourth-order valence-corrected chi connectivity index (χ4v) is 40.5. The molecule has 6 bridgehead atoms. The molecular weight excluding hydrogens is 1810 g/mol. The van der Waals surface area contributed by atoms with Gasteiger partial charge in [-0.15, -0.1) is 94.1 Å². The highest BCUT2D eigenvalue weighted by molar-refractivity contribution is 8.46. The molecule has 119 heavy (non-hydrogen) atoms. The number of benzene rings is 6. The van der Waals surface area contributed by atoms with Crippen molar-refractivity contribution in [1.29, 1.82) is 0 Å². The van der Waals surface area contributed by atoms with E-state index in [4.69, 9.17) is 48.3 Å². The van der Waals surface area contributed by atoms with Crippen LogP contribution in [0.2, 0.25) is 0 Å². The number of rotatable bonds is 40. The molecule has 8 aromatic rings. The monoisotopic (exact) mass is 1890 g/mol. The van der Waals surface area contributed by atoms with Gasteiger partial charge in [-0.05, 0) is 123 Å². The van der Waals surface area contributed by atoms with E-state index >= 15 is 9.59 Å². The van der Waals surface area contributed by atoms with Crippen LogP contribution in [0, 0.1) is 0 Å². The minimum Gasteiger partial charge on any atom is -0.493 e. The number of thioether (sulfide) groups is 16. The van der Waals surface area contributed by atoms with Crippen molar-refractivity contribution in [3.8, 4) is 11.5 Å². The molecule has 0 saturated carbocycles. The van der Waals surface area contributed by atoms with Crippen LogP contribution in [0.25, 0.3) is 21.5 Å². The number of aliphatic imine (C=N–C) groups is 4. The van der Waals surface area contributed by atoms with Crippen molar-refractivity contribution in [3.63, 3.8) is 0 Å². The molecule has 31 heteroatoms. The van der Waals surface area contributed by atoms with Crippen LogP contribution in [0.4, 0.5) is 11.6 Å². The molecule has 8 aliphatic rings. The van der Waals surface area contributed by atoms with Crippen molar-refractivity contribution in [2.45, 2.75) is 130 Å². The maximum atomic E-state index is 16.7. The van der Waals surface area contributed by atoms with Crippen molar-refractivity contribution >= 4 is 266 Å². The number of ether oxygens (including phenoxy) is 2. The zero-order valence-electron chi connectivity index (χ0n) is 66.9. The molecule has 618 valence electrons. The van der Waals surface area contributed by atoms with Gasteiger partial charge < -0.3 is 18.3 Å². The first-order valence-electron chi connectivity index (χ1n) is 40.5. The highest BCUT2D eigenvalue weighted by atomic mass is 32.3. The molecule has 10 heterocycles. The second kappa shape index (κ2) is 42.6. The van der Waals surface area contributed by atoms with Crippen LogP contribution in [-0.4, -0.2) is 113 Å². The van der Waals surface area contributed by atoms with Crippen LogP contribution in [0.1, 0.15) is 173 Å². The summed E-state index contributed by atoms with van der Waals surface area (Å²) in [4.78, 5) is 66.3. The Morgan fingerprint density at radius 3 is 0.950 bits per heavy atom. The van der Waals surface area contributed by atoms with Crippen LogP contribution in [0.3, 0.4) is 0 Å². The van der Waals surface area contributed by atoms with Crippen molar-refractivity contribution in [2.75, 3.05) is 60.2 Å². The minimum absolute atomic E-state index is 0.114. The second-order valence-corrected chi connectivity index (χ2v) is 50.1. The lowest BCUT2D eigenvalue weighted by Gasteiger charge is -2.32. The van der Waals surface area contributed by atoms with Crippen LogP contribution >= 0.6 is 188 Å². The van der Waals surface area contributed by atoms with Crippen molar-refractivity contribution in [3.05, 3.63) is 241 Å². The van der Waals surface area contributed by atoms with Gasteiger partial charge in [0, 0.05) is 43.8 Å². The fraction of sp³-hybridized carbons (Fsp3) is 0.341. The lowest BCUT2D eigenvalue weighted by molar-refractivity contribution is 0.0528. The van der Waals surface area contributed by atoms with Gasteiger partial charge in [0.1, 0.15) is 45.2 Å². The molecule has 0 radical (unpaired) electrons. The van der Waals surface area contributed by atoms with E-state index in [-0.39, 0.29) is 33.7 Å². The molecule has 8 aliphatic heterocycles. The number of hydrogen-bond donors (Lipinski definition) is 0. The van der Waals surface area contributed by atoms with E-state index in [0.29, 0.717) is 82.4 Å². The number of fused-ring (bicyclic) bond motifs is 14. The summed E-state index contributed by atoms with van der Waals surface area (Å²) in [6.07, 6.45) is 22.5. The highest BCUT2D eigenvalue weighted by Crippen LogP contribution is 2.68. The summed E-state index contributed by atoms with van der Waals surface area (Å²) < 4.78 is 49.3. The van der Waals surface area contributed by atoms with E-state index in [2.05, 4.69) is 40.2 Å². The average molecular weight is 1900 g/mol. The van der Waals surface area contributed by atoms with Crippen LogP contribution in [0.5, 0.6) is 11.5 Å². The van der Waals surface area contributed by atoms with Gasteiger partial charge in [-0.3, -0.25) is 8.47 Å². The summed E-state index contributed by atoms with van der Waals surface area (Å²) in [6.45, 7) is 9.75. The molecule has 0 aliphatic carbocycles. The highest BCUT2D eigenvalue weighted by Gasteiger charge is 2.60. The first-order valence-corrected chi connectivity index (χ1v) is 57.1. The SMILES string of the molecule is CCCCCSC1=C(SCCCCC)SC(=C2SC(SC)=C(SCCCCOc3ccccc3C(=O)O[Si]3(OC(=O)c4ccccc4OCCCCSC4=C(SC)SC(=C5SC(SCCCCC)=C(SCCCCC)S5)S4)n4c5c6ccccc6c4N=C4N=C(N=c6c7ccccc7c(n63)=NC3=NC(=N5)c5ccccc53)c3ccccc34)S2)S1. The van der Waals surface area contributed by atoms with E-state index in [1.165, 1.54) is 128 Å². The molecule has 0 amide bonds. The number of para-hydroxylation sites is 2. The predicted molar refractivity (Wildman–Crippen MR) is 537 cm³/mol. The van der Waals surface area contributed by atoms with Gasteiger partial charge in [-0.1, -0.05) is 294 Å². The third-order valence-corrected chi connectivity index (χ3v) is 46.1. The number of hydrogen-bond acceptors (Lipinski definition) is 28. The van der Waals surface area contributed by atoms with Crippen LogP contribution < -0.4 is 20.4 Å². The van der Waals surface area contributed by atoms with Gasteiger partial charge in [-0.25, -0.2) is 39.5 Å². The number of aromatic nitrogens is 2. The van der Waals surface area contributed by atoms with Gasteiger partial charge in [0.25, 0.3) is 0 Å². The Bertz CT molecular complexity index is 5310. The zero-order chi connectivity index (χ0) is 81.6. The van der Waals surface area contributed by atoms with Crippen LogP contribution in [0.15, 0.2) is 226 Å². The maximum absolute atomic E-state index is 16.7. The minimum atomic E-state index is -5.50. The molecular formula is C88H90N8O6S16Si.